The third kappa shape index (κ3) is 3.66. The van der Waals surface area contributed by atoms with Gasteiger partial charge in [0.2, 0.25) is 0 Å². The van der Waals surface area contributed by atoms with Gasteiger partial charge in [-0.2, -0.15) is 5.26 Å². The van der Waals surface area contributed by atoms with Crippen LogP contribution in [-0.4, -0.2) is 43.3 Å². The monoisotopic (exact) mass is 300 g/mol. The maximum atomic E-state index is 9.48. The minimum atomic E-state index is 0.644. The Balaban J connectivity index is 2.36. The molecule has 1 aromatic heterocycles. The van der Waals surface area contributed by atoms with Gasteiger partial charge in [0.1, 0.15) is 16.7 Å². The Labute approximate surface area is 130 Å². The number of para-hydroxylation sites is 1. The molecule has 1 heterocycles. The molecule has 1 N–H and O–H groups in total. The molecule has 0 aliphatic rings. The smallest absolute Gasteiger partial charge is 0.116 e. The number of nitrogens with zero attached hydrogens (tertiary/aromatic N) is 3. The van der Waals surface area contributed by atoms with Gasteiger partial charge in [0, 0.05) is 11.9 Å². The van der Waals surface area contributed by atoms with Crippen LogP contribution in [0.5, 0.6) is 0 Å². The van der Waals surface area contributed by atoms with E-state index in [-0.39, 0.29) is 0 Å². The molecule has 0 unspecified atom stereocenters. The molecule has 0 amide bonds. The van der Waals surface area contributed by atoms with Gasteiger partial charge in [-0.1, -0.05) is 18.2 Å². The molecule has 0 bridgehead atoms. The molecule has 2 rings (SSSR count). The van der Waals surface area contributed by atoms with Crippen LogP contribution in [0.3, 0.4) is 0 Å². The highest BCUT2D eigenvalue weighted by atomic mass is 32.2. The molecular formula is C16H20N4S. The molecule has 1 aromatic carbocycles. The van der Waals surface area contributed by atoms with Crippen LogP contribution in [0.2, 0.25) is 0 Å². The Hall–Kier alpha value is -1.77. The number of hydrogen-bond donors (Lipinski definition) is 1. The van der Waals surface area contributed by atoms with E-state index in [0.717, 1.165) is 41.1 Å². The van der Waals surface area contributed by atoms with Gasteiger partial charge >= 0.3 is 0 Å². The Kier molecular flexibility index (Phi) is 5.43. The van der Waals surface area contributed by atoms with E-state index >= 15 is 0 Å². The summed E-state index contributed by atoms with van der Waals surface area (Å²) in [4.78, 5) is 6.73. The van der Waals surface area contributed by atoms with Crippen LogP contribution in [0.4, 0.5) is 5.69 Å². The standard InChI is InChI=1S/C16H20N4S/c1-20(2)10-6-9-18-15-12-7-4-5-8-14(12)19-16(21-3)13(15)11-17/h4-5,7-8H,6,9-10H2,1-3H3,(H,18,19). The summed E-state index contributed by atoms with van der Waals surface area (Å²) in [5.74, 6) is 0. The average Bonchev–Trinajstić information content (AvgIpc) is 2.50. The summed E-state index contributed by atoms with van der Waals surface area (Å²) in [5, 5.41) is 14.7. The lowest BCUT2D eigenvalue weighted by Crippen LogP contribution is -2.16. The van der Waals surface area contributed by atoms with Crippen molar-refractivity contribution in [3.05, 3.63) is 29.8 Å². The van der Waals surface area contributed by atoms with E-state index in [1.54, 1.807) is 0 Å². The van der Waals surface area contributed by atoms with Crippen molar-refractivity contribution in [2.75, 3.05) is 38.8 Å². The van der Waals surface area contributed by atoms with Crippen molar-refractivity contribution < 1.29 is 0 Å². The number of benzene rings is 1. The predicted octanol–water partition coefficient (Wildman–Crippen LogP) is 3.19. The molecule has 0 fully saturated rings. The number of fused-ring (bicyclic) bond motifs is 1. The molecular weight excluding hydrogens is 280 g/mol. The number of anilines is 1. The van der Waals surface area contributed by atoms with E-state index in [2.05, 4.69) is 35.4 Å². The number of rotatable bonds is 6. The van der Waals surface area contributed by atoms with E-state index in [1.807, 2.05) is 30.5 Å². The van der Waals surface area contributed by atoms with Crippen LogP contribution in [0.15, 0.2) is 29.3 Å². The lowest BCUT2D eigenvalue weighted by atomic mass is 10.1. The zero-order valence-electron chi connectivity index (χ0n) is 12.7. The van der Waals surface area contributed by atoms with Gasteiger partial charge in [-0.15, -0.1) is 11.8 Å². The molecule has 5 heteroatoms. The number of pyridine rings is 1. The van der Waals surface area contributed by atoms with Crippen molar-refractivity contribution in [3.8, 4) is 6.07 Å². The van der Waals surface area contributed by atoms with Crippen LogP contribution in [-0.2, 0) is 0 Å². The molecule has 4 nitrogen and oxygen atoms in total. The van der Waals surface area contributed by atoms with Crippen molar-refractivity contribution in [2.45, 2.75) is 11.4 Å². The van der Waals surface area contributed by atoms with E-state index in [1.165, 1.54) is 11.8 Å². The second kappa shape index (κ2) is 7.30. The first-order chi connectivity index (χ1) is 10.2. The Morgan fingerprint density at radius 1 is 1.33 bits per heavy atom. The first-order valence-electron chi connectivity index (χ1n) is 6.92. The molecule has 0 saturated carbocycles. The van der Waals surface area contributed by atoms with Crippen molar-refractivity contribution in [1.82, 2.24) is 9.88 Å². The van der Waals surface area contributed by atoms with Crippen LogP contribution in [0, 0.1) is 11.3 Å². The largest absolute Gasteiger partial charge is 0.383 e. The number of hydrogen-bond acceptors (Lipinski definition) is 5. The van der Waals surface area contributed by atoms with Crippen molar-refractivity contribution in [3.63, 3.8) is 0 Å². The van der Waals surface area contributed by atoms with Crippen LogP contribution < -0.4 is 5.32 Å². The topological polar surface area (TPSA) is 52.0 Å². The second-order valence-corrected chi connectivity index (χ2v) is 5.88. The van der Waals surface area contributed by atoms with Gasteiger partial charge in [0.25, 0.3) is 0 Å². The summed E-state index contributed by atoms with van der Waals surface area (Å²) in [7, 11) is 4.13. The highest BCUT2D eigenvalue weighted by molar-refractivity contribution is 7.98. The fourth-order valence-electron chi connectivity index (χ4n) is 2.23. The summed E-state index contributed by atoms with van der Waals surface area (Å²) in [5.41, 5.74) is 2.48. The fraction of sp³-hybridized carbons (Fsp3) is 0.375. The zero-order chi connectivity index (χ0) is 15.2. The average molecular weight is 300 g/mol. The van der Waals surface area contributed by atoms with E-state index in [0.29, 0.717) is 5.56 Å². The second-order valence-electron chi connectivity index (χ2n) is 5.08. The summed E-state index contributed by atoms with van der Waals surface area (Å²) in [6.07, 6.45) is 2.98. The quantitative estimate of drug-likeness (QED) is 0.656. The van der Waals surface area contributed by atoms with Gasteiger partial charge in [0.05, 0.1) is 11.2 Å². The third-order valence-electron chi connectivity index (χ3n) is 3.25. The lowest BCUT2D eigenvalue weighted by molar-refractivity contribution is 0.405. The number of nitrogens with one attached hydrogen (secondary N) is 1. The summed E-state index contributed by atoms with van der Waals surface area (Å²) < 4.78 is 0. The van der Waals surface area contributed by atoms with Gasteiger partial charge in [-0.3, -0.25) is 0 Å². The summed E-state index contributed by atoms with van der Waals surface area (Å²) >= 11 is 1.51. The van der Waals surface area contributed by atoms with E-state index in [4.69, 9.17) is 0 Å². The lowest BCUT2D eigenvalue weighted by Gasteiger charge is -2.15. The van der Waals surface area contributed by atoms with Gasteiger partial charge in [0.15, 0.2) is 0 Å². The van der Waals surface area contributed by atoms with Crippen molar-refractivity contribution >= 4 is 28.4 Å². The van der Waals surface area contributed by atoms with Crippen LogP contribution in [0.1, 0.15) is 12.0 Å². The molecule has 110 valence electrons. The minimum Gasteiger partial charge on any atom is -0.383 e. The van der Waals surface area contributed by atoms with Gasteiger partial charge in [-0.05, 0) is 39.4 Å². The van der Waals surface area contributed by atoms with Gasteiger partial charge in [-0.25, -0.2) is 4.98 Å². The minimum absolute atomic E-state index is 0.644. The first-order valence-corrected chi connectivity index (χ1v) is 8.15. The number of thioether (sulfide) groups is 1. The highest BCUT2D eigenvalue weighted by Gasteiger charge is 2.13. The highest BCUT2D eigenvalue weighted by Crippen LogP contribution is 2.31. The zero-order valence-corrected chi connectivity index (χ0v) is 13.5. The molecule has 0 spiro atoms. The fourth-order valence-corrected chi connectivity index (χ4v) is 2.77. The molecule has 0 atom stereocenters. The maximum Gasteiger partial charge on any atom is 0.116 e. The first kappa shape index (κ1) is 15.6. The molecule has 0 saturated heterocycles. The van der Waals surface area contributed by atoms with E-state index in [9.17, 15) is 5.26 Å². The van der Waals surface area contributed by atoms with Crippen molar-refractivity contribution in [2.24, 2.45) is 0 Å². The molecule has 21 heavy (non-hydrogen) atoms. The number of aromatic nitrogens is 1. The van der Waals surface area contributed by atoms with Gasteiger partial charge < -0.3 is 10.2 Å². The molecule has 0 aliphatic carbocycles. The predicted molar refractivity (Wildman–Crippen MR) is 89.9 cm³/mol. The maximum absolute atomic E-state index is 9.48. The van der Waals surface area contributed by atoms with Crippen LogP contribution >= 0.6 is 11.8 Å². The van der Waals surface area contributed by atoms with Crippen LogP contribution in [0.25, 0.3) is 10.9 Å². The Morgan fingerprint density at radius 2 is 2.10 bits per heavy atom. The molecule has 2 aromatic rings. The van der Waals surface area contributed by atoms with E-state index < -0.39 is 0 Å². The normalized spacial score (nSPS) is 10.8. The Morgan fingerprint density at radius 3 is 2.76 bits per heavy atom. The summed E-state index contributed by atoms with van der Waals surface area (Å²) in [6, 6.07) is 10.3. The number of nitriles is 1. The van der Waals surface area contributed by atoms with Crippen molar-refractivity contribution in [1.29, 1.82) is 5.26 Å². The summed E-state index contributed by atoms with van der Waals surface area (Å²) in [6.45, 7) is 1.86. The molecule has 0 aliphatic heterocycles. The Bertz CT molecular complexity index is 661. The third-order valence-corrected chi connectivity index (χ3v) is 3.93. The SMILES string of the molecule is CSc1nc2ccccc2c(NCCCN(C)C)c1C#N. The molecule has 0 radical (unpaired) electrons.